The molecule has 1 aliphatic heterocycles. The van der Waals surface area contributed by atoms with E-state index in [1.165, 1.54) is 12.7 Å². The zero-order valence-electron chi connectivity index (χ0n) is 17.8. The molecule has 0 amide bonds. The van der Waals surface area contributed by atoms with Crippen molar-refractivity contribution in [2.24, 2.45) is 11.3 Å². The summed E-state index contributed by atoms with van der Waals surface area (Å²) in [6, 6.07) is 8.47. The van der Waals surface area contributed by atoms with E-state index in [1.54, 1.807) is 0 Å². The number of hydrogen-bond acceptors (Lipinski definition) is 3. The second-order valence-corrected chi connectivity index (χ2v) is 9.23. The van der Waals surface area contributed by atoms with Crippen LogP contribution in [0.25, 0.3) is 0 Å². The maximum absolute atomic E-state index is 13.4. The molecule has 160 valence electrons. The molecular formula is C24H33F2NO2. The Bertz CT molecular complexity index is 736. The van der Waals surface area contributed by atoms with E-state index in [2.05, 4.69) is 42.7 Å². The summed E-state index contributed by atoms with van der Waals surface area (Å²) in [5.41, 5.74) is 3.03. The predicted molar refractivity (Wildman–Crippen MR) is 111 cm³/mol. The lowest BCUT2D eigenvalue weighted by Crippen LogP contribution is -2.38. The Balaban J connectivity index is 1.72. The van der Waals surface area contributed by atoms with Crippen LogP contribution in [0.15, 0.2) is 36.4 Å². The van der Waals surface area contributed by atoms with Crippen LogP contribution >= 0.6 is 0 Å². The maximum Gasteiger partial charge on any atom is 0.311 e. The number of halogens is 2. The molecule has 0 radical (unpaired) electrons. The second kappa shape index (κ2) is 8.55. The highest BCUT2D eigenvalue weighted by molar-refractivity contribution is 5.76. The molecule has 2 aliphatic rings. The lowest BCUT2D eigenvalue weighted by atomic mass is 9.62. The highest BCUT2D eigenvalue weighted by atomic mass is 19.3. The molecule has 3 rings (SSSR count). The van der Waals surface area contributed by atoms with Gasteiger partial charge in [0.05, 0.1) is 12.5 Å². The van der Waals surface area contributed by atoms with Crippen molar-refractivity contribution in [3.05, 3.63) is 47.5 Å². The second-order valence-electron chi connectivity index (χ2n) is 9.23. The first-order valence-corrected chi connectivity index (χ1v) is 10.6. The number of hydrogen-bond donors (Lipinski definition) is 0. The number of methoxy groups -OCH3 is 1. The first-order chi connectivity index (χ1) is 13.6. The van der Waals surface area contributed by atoms with Crippen molar-refractivity contribution in [1.29, 1.82) is 0 Å². The molecule has 5 heteroatoms. The number of nitrogens with zero attached hydrogens (tertiary/aromatic N) is 1. The summed E-state index contributed by atoms with van der Waals surface area (Å²) in [4.78, 5) is 14.5. The van der Waals surface area contributed by atoms with Gasteiger partial charge in [0.25, 0.3) is 5.92 Å². The van der Waals surface area contributed by atoms with Crippen LogP contribution in [0.2, 0.25) is 0 Å². The first-order valence-electron chi connectivity index (χ1n) is 10.6. The number of esters is 1. The Kier molecular flexibility index (Phi) is 6.47. The molecule has 1 aromatic carbocycles. The molecule has 1 aliphatic carbocycles. The number of carbonyl (C=O) groups is 1. The monoisotopic (exact) mass is 405 g/mol. The molecule has 0 spiro atoms. The van der Waals surface area contributed by atoms with Gasteiger partial charge in [-0.2, -0.15) is 0 Å². The quantitative estimate of drug-likeness (QED) is 0.475. The molecule has 1 saturated heterocycles. The van der Waals surface area contributed by atoms with Gasteiger partial charge in [0, 0.05) is 32.5 Å². The fourth-order valence-electron chi connectivity index (χ4n) is 4.94. The average molecular weight is 406 g/mol. The Hall–Kier alpha value is -1.75. The number of ether oxygens (including phenoxy) is 1. The Morgan fingerprint density at radius 3 is 2.38 bits per heavy atom. The van der Waals surface area contributed by atoms with Gasteiger partial charge in [-0.3, -0.25) is 9.69 Å². The average Bonchev–Trinajstić information content (AvgIpc) is 2.69. The number of allylic oxidation sites excluding steroid dienone is 1. The molecule has 0 aromatic heterocycles. The van der Waals surface area contributed by atoms with Crippen molar-refractivity contribution in [3.8, 4) is 0 Å². The topological polar surface area (TPSA) is 29.5 Å². The minimum absolute atomic E-state index is 0.0560. The van der Waals surface area contributed by atoms with Gasteiger partial charge in [0.2, 0.25) is 0 Å². The van der Waals surface area contributed by atoms with Crippen molar-refractivity contribution >= 4 is 5.97 Å². The van der Waals surface area contributed by atoms with Crippen molar-refractivity contribution in [1.82, 2.24) is 4.90 Å². The normalized spacial score (nSPS) is 30.0. The molecule has 3 nitrogen and oxygen atoms in total. The van der Waals surface area contributed by atoms with Gasteiger partial charge < -0.3 is 4.74 Å². The third kappa shape index (κ3) is 5.06. The number of piperidine rings is 1. The van der Waals surface area contributed by atoms with Crippen LogP contribution in [0, 0.1) is 11.3 Å². The van der Waals surface area contributed by atoms with Gasteiger partial charge in [-0.15, -0.1) is 0 Å². The van der Waals surface area contributed by atoms with Crippen molar-refractivity contribution in [2.45, 2.75) is 64.3 Å². The van der Waals surface area contributed by atoms with Gasteiger partial charge in [-0.05, 0) is 56.1 Å². The number of carbonyl (C=O) groups excluding carboxylic acids is 1. The molecule has 2 fully saturated rings. The summed E-state index contributed by atoms with van der Waals surface area (Å²) in [7, 11) is 1.46. The van der Waals surface area contributed by atoms with Crippen LogP contribution in [0.1, 0.15) is 63.0 Å². The van der Waals surface area contributed by atoms with Crippen molar-refractivity contribution in [2.75, 3.05) is 20.2 Å². The number of alkyl halides is 2. The van der Waals surface area contributed by atoms with E-state index >= 15 is 0 Å². The van der Waals surface area contributed by atoms with Crippen molar-refractivity contribution < 1.29 is 18.3 Å². The molecule has 0 N–H and O–H groups in total. The lowest BCUT2D eigenvalue weighted by Gasteiger charge is -2.41. The Morgan fingerprint density at radius 2 is 1.83 bits per heavy atom. The highest BCUT2D eigenvalue weighted by Gasteiger charge is 2.44. The fourth-order valence-corrected chi connectivity index (χ4v) is 4.94. The smallest absolute Gasteiger partial charge is 0.311 e. The zero-order valence-corrected chi connectivity index (χ0v) is 17.8. The third-order valence-electron chi connectivity index (χ3n) is 6.88. The van der Waals surface area contributed by atoms with Crippen LogP contribution in [0.4, 0.5) is 8.78 Å². The van der Waals surface area contributed by atoms with E-state index in [4.69, 9.17) is 4.74 Å². The summed E-state index contributed by atoms with van der Waals surface area (Å²) >= 11 is 0. The van der Waals surface area contributed by atoms with Gasteiger partial charge in [-0.25, -0.2) is 8.78 Å². The minimum atomic E-state index is -2.51. The summed E-state index contributed by atoms with van der Waals surface area (Å²) in [5, 5.41) is 0. The Morgan fingerprint density at radius 1 is 1.21 bits per heavy atom. The molecule has 1 saturated carbocycles. The van der Waals surface area contributed by atoms with Crippen LogP contribution in [0.5, 0.6) is 0 Å². The van der Waals surface area contributed by atoms with E-state index in [0.717, 1.165) is 30.4 Å². The van der Waals surface area contributed by atoms with E-state index in [1.807, 2.05) is 6.92 Å². The molecule has 0 bridgehead atoms. The fraction of sp³-hybridized carbons (Fsp3) is 0.625. The van der Waals surface area contributed by atoms with Crippen LogP contribution in [-0.2, 0) is 16.1 Å². The largest absolute Gasteiger partial charge is 0.469 e. The number of benzene rings is 1. The zero-order chi connectivity index (χ0) is 21.2. The van der Waals surface area contributed by atoms with E-state index in [0.29, 0.717) is 25.6 Å². The van der Waals surface area contributed by atoms with E-state index in [9.17, 15) is 13.6 Å². The lowest BCUT2D eigenvalue weighted by molar-refractivity contribution is -0.154. The number of likely N-dealkylation sites (tertiary alicyclic amines) is 1. The van der Waals surface area contributed by atoms with Crippen LogP contribution < -0.4 is 0 Å². The molecule has 3 atom stereocenters. The summed E-state index contributed by atoms with van der Waals surface area (Å²) < 4.78 is 31.8. The third-order valence-corrected chi connectivity index (χ3v) is 6.88. The van der Waals surface area contributed by atoms with Gasteiger partial charge in [0.1, 0.15) is 0 Å². The van der Waals surface area contributed by atoms with Gasteiger partial charge in [0.15, 0.2) is 0 Å². The minimum Gasteiger partial charge on any atom is -0.469 e. The van der Waals surface area contributed by atoms with E-state index < -0.39 is 11.3 Å². The molecular weight excluding hydrogens is 372 g/mol. The van der Waals surface area contributed by atoms with Crippen LogP contribution in [0.3, 0.4) is 0 Å². The van der Waals surface area contributed by atoms with Gasteiger partial charge >= 0.3 is 5.97 Å². The SMILES string of the molecule is C=C(C)[C@@H]1CC[C@](C)(C(=O)OC)C[C@H]1c1ccc(CN2CCC(F)(F)CC2)cc1. The summed E-state index contributed by atoms with van der Waals surface area (Å²) in [6.07, 6.45) is 2.37. The first kappa shape index (κ1) is 21.9. The molecule has 1 aromatic rings. The predicted octanol–water partition coefficient (Wildman–Crippen LogP) is 5.56. The highest BCUT2D eigenvalue weighted by Crippen LogP contribution is 2.49. The van der Waals surface area contributed by atoms with Gasteiger partial charge in [-0.1, -0.05) is 36.4 Å². The molecule has 29 heavy (non-hydrogen) atoms. The molecule has 0 unspecified atom stereocenters. The molecule has 1 heterocycles. The summed E-state index contributed by atoms with van der Waals surface area (Å²) in [5.74, 6) is -2.07. The summed E-state index contributed by atoms with van der Waals surface area (Å²) in [6.45, 7) is 9.83. The van der Waals surface area contributed by atoms with Crippen molar-refractivity contribution in [3.63, 3.8) is 0 Å². The Labute approximate surface area is 173 Å². The standard InChI is InChI=1S/C24H33F2NO2/c1-17(2)20-9-10-23(3,22(28)29-4)15-21(20)19-7-5-18(6-8-19)16-27-13-11-24(25,26)12-14-27/h5-8,20-21H,1,9-16H2,2-4H3/t20-,21-,23-/m0/s1. The maximum atomic E-state index is 13.4. The van der Waals surface area contributed by atoms with E-state index in [-0.39, 0.29) is 24.7 Å². The van der Waals surface area contributed by atoms with Crippen LogP contribution in [-0.4, -0.2) is 37.0 Å². The number of rotatable bonds is 5.